The van der Waals surface area contributed by atoms with E-state index in [2.05, 4.69) is 11.0 Å². The van der Waals surface area contributed by atoms with E-state index < -0.39 is 0 Å². The molecule has 1 N–H and O–H groups in total. The summed E-state index contributed by atoms with van der Waals surface area (Å²) in [6.07, 6.45) is 3.90. The third-order valence-corrected chi connectivity index (χ3v) is 6.98. The van der Waals surface area contributed by atoms with E-state index >= 15 is 0 Å². The van der Waals surface area contributed by atoms with Crippen LogP contribution in [0.4, 0.5) is 0 Å². The molecule has 1 aliphatic heterocycles. The summed E-state index contributed by atoms with van der Waals surface area (Å²) in [6.45, 7) is 3.97. The first-order valence-corrected chi connectivity index (χ1v) is 12.5. The number of thiophene rings is 1. The van der Waals surface area contributed by atoms with Crippen LogP contribution in [0.2, 0.25) is 0 Å². The monoisotopic (exact) mass is 506 g/mol. The van der Waals surface area contributed by atoms with Crippen LogP contribution in [0, 0.1) is 11.3 Å². The molecular formula is C28H27ClN2O3S. The van der Waals surface area contributed by atoms with Crippen LogP contribution in [0.15, 0.2) is 66.0 Å². The van der Waals surface area contributed by atoms with Gasteiger partial charge in [-0.1, -0.05) is 12.5 Å². The lowest BCUT2D eigenvalue weighted by Gasteiger charge is -2.26. The molecule has 0 saturated carbocycles. The Balaban J connectivity index is 0.00000289. The van der Waals surface area contributed by atoms with E-state index in [4.69, 9.17) is 9.47 Å². The van der Waals surface area contributed by atoms with Gasteiger partial charge < -0.3 is 14.6 Å². The lowest BCUT2D eigenvalue weighted by molar-refractivity contribution is 0.183. The molecule has 5 rings (SSSR count). The van der Waals surface area contributed by atoms with E-state index in [0.717, 1.165) is 34.2 Å². The third-order valence-electron chi connectivity index (χ3n) is 6.14. The highest BCUT2D eigenvalue weighted by molar-refractivity contribution is 7.10. The summed E-state index contributed by atoms with van der Waals surface area (Å²) in [7, 11) is 0. The van der Waals surface area contributed by atoms with Gasteiger partial charge >= 0.3 is 0 Å². The van der Waals surface area contributed by atoms with Gasteiger partial charge in [-0.25, -0.2) is 0 Å². The molecule has 1 aromatic heterocycles. The van der Waals surface area contributed by atoms with E-state index in [1.54, 1.807) is 12.1 Å². The van der Waals surface area contributed by atoms with E-state index in [1.165, 1.54) is 43.7 Å². The fourth-order valence-corrected chi connectivity index (χ4v) is 5.06. The highest BCUT2D eigenvalue weighted by atomic mass is 35.5. The topological polar surface area (TPSA) is 65.7 Å². The first-order chi connectivity index (χ1) is 16.7. The SMILES string of the molecule is Cl.N#Cc1cc(-c2ccc3cc(O)ccc3c2Oc2ccc(OCCN3CCCCC3)cc2)cs1. The van der Waals surface area contributed by atoms with Crippen molar-refractivity contribution >= 4 is 34.5 Å². The van der Waals surface area contributed by atoms with Gasteiger partial charge in [0.25, 0.3) is 0 Å². The molecule has 0 amide bonds. The number of likely N-dealkylation sites (tertiary alicyclic amines) is 1. The van der Waals surface area contributed by atoms with Crippen molar-refractivity contribution in [2.24, 2.45) is 0 Å². The van der Waals surface area contributed by atoms with Crippen molar-refractivity contribution in [2.75, 3.05) is 26.2 Å². The van der Waals surface area contributed by atoms with E-state index in [0.29, 0.717) is 23.0 Å². The molecule has 0 radical (unpaired) electrons. The number of halogens is 1. The van der Waals surface area contributed by atoms with Crippen LogP contribution in [0.5, 0.6) is 23.0 Å². The number of phenolic OH excluding ortho intramolecular Hbond substituents is 1. The summed E-state index contributed by atoms with van der Waals surface area (Å²) < 4.78 is 12.3. The standard InChI is InChI=1S/C28H26N2O3S.ClH/c29-18-25-17-21(19-34-25)27-10-4-20-16-22(31)5-11-26(20)28(27)33-24-8-6-23(7-9-24)32-15-14-30-12-2-1-3-13-30;/h4-11,16-17,19,31H,1-3,12-15H2;1H. The Morgan fingerprint density at radius 1 is 0.943 bits per heavy atom. The normalized spacial score (nSPS) is 13.7. The second-order valence-corrected chi connectivity index (χ2v) is 9.39. The number of nitriles is 1. The first kappa shape index (κ1) is 24.9. The van der Waals surface area contributed by atoms with Crippen LogP contribution >= 0.6 is 23.7 Å². The first-order valence-electron chi connectivity index (χ1n) is 11.6. The van der Waals surface area contributed by atoms with Gasteiger partial charge in [0.05, 0.1) is 0 Å². The number of nitrogens with zero attached hydrogens (tertiary/aromatic N) is 2. The maximum absolute atomic E-state index is 9.92. The molecule has 4 aromatic rings. The van der Waals surface area contributed by atoms with Crippen molar-refractivity contribution in [1.82, 2.24) is 4.90 Å². The Morgan fingerprint density at radius 2 is 1.71 bits per heavy atom. The zero-order valence-corrected chi connectivity index (χ0v) is 20.9. The van der Waals surface area contributed by atoms with Gasteiger partial charge in [0, 0.05) is 22.9 Å². The number of piperidine rings is 1. The summed E-state index contributed by atoms with van der Waals surface area (Å²) in [4.78, 5) is 3.11. The molecule has 1 fully saturated rings. The van der Waals surface area contributed by atoms with Crippen LogP contribution < -0.4 is 9.47 Å². The van der Waals surface area contributed by atoms with Crippen LogP contribution in [-0.2, 0) is 0 Å². The molecular weight excluding hydrogens is 480 g/mol. The molecule has 35 heavy (non-hydrogen) atoms. The number of hydrogen-bond donors (Lipinski definition) is 1. The predicted molar refractivity (Wildman–Crippen MR) is 143 cm³/mol. The molecule has 0 spiro atoms. The smallest absolute Gasteiger partial charge is 0.143 e. The number of benzene rings is 3. The quantitative estimate of drug-likeness (QED) is 0.286. The summed E-state index contributed by atoms with van der Waals surface area (Å²) in [5, 5.41) is 22.9. The largest absolute Gasteiger partial charge is 0.508 e. The van der Waals surface area contributed by atoms with Crippen LogP contribution in [0.1, 0.15) is 24.1 Å². The minimum atomic E-state index is 0. The second kappa shape index (κ2) is 11.5. The van der Waals surface area contributed by atoms with Crippen molar-refractivity contribution in [3.05, 3.63) is 70.9 Å². The van der Waals surface area contributed by atoms with Gasteiger partial charge in [-0.15, -0.1) is 23.7 Å². The Hall–Kier alpha value is -3.24. The number of fused-ring (bicyclic) bond motifs is 1. The van der Waals surface area contributed by atoms with Crippen LogP contribution in [0.3, 0.4) is 0 Å². The van der Waals surface area contributed by atoms with Gasteiger partial charge in [0.15, 0.2) is 0 Å². The maximum Gasteiger partial charge on any atom is 0.143 e. The van der Waals surface area contributed by atoms with Crippen LogP contribution in [-0.4, -0.2) is 36.2 Å². The highest BCUT2D eigenvalue weighted by Gasteiger charge is 2.15. The summed E-state index contributed by atoms with van der Waals surface area (Å²) in [6, 6.07) is 20.9. The minimum Gasteiger partial charge on any atom is -0.508 e. The van der Waals surface area contributed by atoms with Crippen molar-refractivity contribution in [3.63, 3.8) is 0 Å². The predicted octanol–water partition coefficient (Wildman–Crippen LogP) is 7.22. The number of aromatic hydroxyl groups is 1. The number of hydrogen-bond acceptors (Lipinski definition) is 6. The average Bonchev–Trinajstić information content (AvgIpc) is 3.35. The van der Waals surface area contributed by atoms with E-state index in [9.17, 15) is 10.4 Å². The molecule has 0 aliphatic carbocycles. The molecule has 0 atom stereocenters. The average molecular weight is 507 g/mol. The lowest BCUT2D eigenvalue weighted by atomic mass is 10.0. The van der Waals surface area contributed by atoms with Crippen molar-refractivity contribution < 1.29 is 14.6 Å². The number of phenols is 1. The zero-order chi connectivity index (χ0) is 23.3. The molecule has 180 valence electrons. The van der Waals surface area contributed by atoms with Gasteiger partial charge in [0.2, 0.25) is 0 Å². The Bertz CT molecular complexity index is 1320. The fraction of sp³-hybridized carbons (Fsp3) is 0.250. The zero-order valence-electron chi connectivity index (χ0n) is 19.3. The Morgan fingerprint density at radius 3 is 2.46 bits per heavy atom. The van der Waals surface area contributed by atoms with Crippen molar-refractivity contribution in [2.45, 2.75) is 19.3 Å². The lowest BCUT2D eigenvalue weighted by Crippen LogP contribution is -2.33. The summed E-state index contributed by atoms with van der Waals surface area (Å²) in [5.74, 6) is 2.42. The van der Waals surface area contributed by atoms with Gasteiger partial charge in [-0.05, 0) is 91.5 Å². The van der Waals surface area contributed by atoms with Crippen molar-refractivity contribution in [3.8, 4) is 40.2 Å². The molecule has 2 heterocycles. The fourth-order valence-electron chi connectivity index (χ4n) is 4.36. The number of rotatable bonds is 7. The molecule has 1 saturated heterocycles. The summed E-state index contributed by atoms with van der Waals surface area (Å²) in [5.41, 5.74) is 1.84. The molecule has 5 nitrogen and oxygen atoms in total. The molecule has 7 heteroatoms. The minimum absolute atomic E-state index is 0. The maximum atomic E-state index is 9.92. The van der Waals surface area contributed by atoms with E-state index in [1.807, 2.05) is 53.9 Å². The van der Waals surface area contributed by atoms with Gasteiger partial charge in [0.1, 0.15) is 40.6 Å². The van der Waals surface area contributed by atoms with Gasteiger partial charge in [-0.2, -0.15) is 5.26 Å². The second-order valence-electron chi connectivity index (χ2n) is 8.48. The number of ether oxygens (including phenoxy) is 2. The molecule has 1 aliphatic rings. The molecule has 0 unspecified atom stereocenters. The van der Waals surface area contributed by atoms with Crippen LogP contribution in [0.25, 0.3) is 21.9 Å². The Labute approximate surface area is 215 Å². The third kappa shape index (κ3) is 5.88. The molecule has 3 aromatic carbocycles. The van der Waals surface area contributed by atoms with Gasteiger partial charge in [-0.3, -0.25) is 4.90 Å². The van der Waals surface area contributed by atoms with Crippen molar-refractivity contribution in [1.29, 1.82) is 5.26 Å². The van der Waals surface area contributed by atoms with E-state index in [-0.39, 0.29) is 18.2 Å². The molecule has 0 bridgehead atoms. The summed E-state index contributed by atoms with van der Waals surface area (Å²) >= 11 is 1.41. The Kier molecular flexibility index (Phi) is 8.14. The highest BCUT2D eigenvalue weighted by Crippen LogP contribution is 2.41.